The van der Waals surface area contributed by atoms with Crippen LogP contribution in [-0.4, -0.2) is 42.1 Å². The topological polar surface area (TPSA) is 68.2 Å². The van der Waals surface area contributed by atoms with Crippen LogP contribution in [0.2, 0.25) is 0 Å². The number of esters is 1. The molecule has 0 N–H and O–H groups in total. The molecule has 0 saturated heterocycles. The van der Waals surface area contributed by atoms with E-state index in [1.54, 1.807) is 18.7 Å². The number of amides is 1. The second-order valence-corrected chi connectivity index (χ2v) is 8.53. The number of anilines is 1. The van der Waals surface area contributed by atoms with Gasteiger partial charge >= 0.3 is 5.97 Å². The second kappa shape index (κ2) is 10.7. The number of benzene rings is 1. The Kier molecular flexibility index (Phi) is 7.98. The van der Waals surface area contributed by atoms with Crippen molar-refractivity contribution in [2.24, 2.45) is 10.9 Å². The summed E-state index contributed by atoms with van der Waals surface area (Å²) in [6.07, 6.45) is 6.85. The standard InChI is InChI=1S/C22H30N2O4S/c1-3-24(16-11-13-17(14-12-16)28-15-20(25)27-4-2)22-23-21(26)18-9-7-5-6-8-10-19(18)29-22/h11-14,18-19H,3-10,15H2,1-2H3. The normalized spacial score (nSPS) is 22.0. The van der Waals surface area contributed by atoms with Gasteiger partial charge in [0.1, 0.15) is 5.75 Å². The number of rotatable bonds is 6. The molecule has 158 valence electrons. The van der Waals surface area contributed by atoms with E-state index in [1.807, 2.05) is 24.3 Å². The summed E-state index contributed by atoms with van der Waals surface area (Å²) in [5, 5.41) is 1.12. The lowest BCUT2D eigenvalue weighted by molar-refractivity contribution is -0.145. The van der Waals surface area contributed by atoms with Crippen molar-refractivity contribution < 1.29 is 19.1 Å². The van der Waals surface area contributed by atoms with Gasteiger partial charge in [0, 0.05) is 17.5 Å². The Morgan fingerprint density at radius 3 is 2.55 bits per heavy atom. The van der Waals surface area contributed by atoms with Gasteiger partial charge in [-0.2, -0.15) is 4.99 Å². The van der Waals surface area contributed by atoms with Gasteiger partial charge < -0.3 is 14.4 Å². The van der Waals surface area contributed by atoms with Crippen LogP contribution in [0.25, 0.3) is 0 Å². The van der Waals surface area contributed by atoms with Crippen molar-refractivity contribution in [3.05, 3.63) is 24.3 Å². The lowest BCUT2D eigenvalue weighted by Gasteiger charge is -2.34. The second-order valence-electron chi connectivity index (χ2n) is 7.32. The molecule has 2 unspecified atom stereocenters. The Morgan fingerprint density at radius 1 is 1.14 bits per heavy atom. The molecular formula is C22H30N2O4S. The van der Waals surface area contributed by atoms with Crippen LogP contribution in [0.3, 0.4) is 0 Å². The van der Waals surface area contributed by atoms with Gasteiger partial charge in [-0.25, -0.2) is 4.79 Å². The van der Waals surface area contributed by atoms with E-state index in [0.29, 0.717) is 17.6 Å². The minimum atomic E-state index is -0.382. The minimum absolute atomic E-state index is 0.0403. The first-order valence-electron chi connectivity index (χ1n) is 10.6. The lowest BCUT2D eigenvalue weighted by Crippen LogP contribution is -2.39. The monoisotopic (exact) mass is 418 g/mol. The van der Waals surface area contributed by atoms with Crippen LogP contribution in [0.5, 0.6) is 5.75 Å². The summed E-state index contributed by atoms with van der Waals surface area (Å²) in [6, 6.07) is 7.51. The van der Waals surface area contributed by atoms with Crippen LogP contribution >= 0.6 is 11.8 Å². The molecule has 1 aliphatic carbocycles. The largest absolute Gasteiger partial charge is 0.482 e. The first kappa shape index (κ1) is 21.7. The molecule has 0 aromatic heterocycles. The summed E-state index contributed by atoms with van der Waals surface area (Å²) in [5.41, 5.74) is 0.958. The Hall–Kier alpha value is -2.02. The fourth-order valence-corrected chi connectivity index (χ4v) is 5.31. The van der Waals surface area contributed by atoms with Gasteiger partial charge in [-0.05, 0) is 51.0 Å². The molecule has 1 aromatic carbocycles. The molecule has 1 aliphatic heterocycles. The first-order chi connectivity index (χ1) is 14.1. The molecule has 0 radical (unpaired) electrons. The van der Waals surface area contributed by atoms with E-state index in [-0.39, 0.29) is 24.4 Å². The molecule has 29 heavy (non-hydrogen) atoms. The van der Waals surface area contributed by atoms with Crippen LogP contribution < -0.4 is 9.64 Å². The molecule has 1 saturated carbocycles. The highest BCUT2D eigenvalue weighted by molar-refractivity contribution is 8.14. The number of aliphatic imine (C=N–C) groups is 1. The predicted molar refractivity (Wildman–Crippen MR) is 117 cm³/mol. The number of carbonyl (C=O) groups excluding carboxylic acids is 2. The van der Waals surface area contributed by atoms with Gasteiger partial charge in [0.15, 0.2) is 11.8 Å². The van der Waals surface area contributed by atoms with Crippen molar-refractivity contribution in [1.82, 2.24) is 0 Å². The zero-order valence-electron chi connectivity index (χ0n) is 17.3. The molecule has 0 bridgehead atoms. The molecule has 0 spiro atoms. The maximum absolute atomic E-state index is 12.7. The number of hydrogen-bond donors (Lipinski definition) is 0. The van der Waals surface area contributed by atoms with Crippen molar-refractivity contribution in [2.45, 2.75) is 57.6 Å². The third-order valence-electron chi connectivity index (χ3n) is 5.34. The average Bonchev–Trinajstić information content (AvgIpc) is 2.69. The molecule has 1 aromatic rings. The molecule has 6 nitrogen and oxygen atoms in total. The number of hydrogen-bond acceptors (Lipinski definition) is 6. The van der Waals surface area contributed by atoms with Crippen molar-refractivity contribution in [2.75, 3.05) is 24.7 Å². The van der Waals surface area contributed by atoms with E-state index in [2.05, 4.69) is 16.8 Å². The smallest absolute Gasteiger partial charge is 0.344 e. The number of nitrogens with zero attached hydrogens (tertiary/aromatic N) is 2. The van der Waals surface area contributed by atoms with Crippen molar-refractivity contribution in [3.63, 3.8) is 0 Å². The molecule has 1 amide bonds. The van der Waals surface area contributed by atoms with Crippen LogP contribution in [0, 0.1) is 5.92 Å². The number of carbonyl (C=O) groups is 2. The van der Waals surface area contributed by atoms with Crippen molar-refractivity contribution in [3.8, 4) is 5.75 Å². The molecular weight excluding hydrogens is 388 g/mol. The Balaban J connectivity index is 1.69. The summed E-state index contributed by atoms with van der Waals surface area (Å²) in [5.74, 6) is 0.333. The predicted octanol–water partition coefficient (Wildman–Crippen LogP) is 4.42. The summed E-state index contributed by atoms with van der Waals surface area (Å²) in [6.45, 7) is 4.78. The fraction of sp³-hybridized carbons (Fsp3) is 0.591. The fourth-order valence-electron chi connectivity index (χ4n) is 3.83. The van der Waals surface area contributed by atoms with E-state index in [0.717, 1.165) is 36.7 Å². The van der Waals surface area contributed by atoms with Gasteiger partial charge in [-0.1, -0.05) is 37.4 Å². The summed E-state index contributed by atoms with van der Waals surface area (Å²) in [7, 11) is 0. The van der Waals surface area contributed by atoms with Gasteiger partial charge in [-0.15, -0.1) is 0 Å². The van der Waals surface area contributed by atoms with Crippen LogP contribution in [0.1, 0.15) is 52.4 Å². The van der Waals surface area contributed by atoms with Crippen molar-refractivity contribution in [1.29, 1.82) is 0 Å². The Labute approximate surface area is 177 Å². The molecule has 3 rings (SSSR count). The molecule has 1 fully saturated rings. The highest BCUT2D eigenvalue weighted by Gasteiger charge is 2.36. The third kappa shape index (κ3) is 5.75. The quantitative estimate of drug-likeness (QED) is 0.637. The van der Waals surface area contributed by atoms with E-state index in [4.69, 9.17) is 9.47 Å². The third-order valence-corrected chi connectivity index (χ3v) is 6.73. The van der Waals surface area contributed by atoms with E-state index < -0.39 is 0 Å². The number of amidine groups is 1. The Morgan fingerprint density at radius 2 is 1.86 bits per heavy atom. The average molecular weight is 419 g/mol. The van der Waals surface area contributed by atoms with Gasteiger partial charge in [0.25, 0.3) is 5.91 Å². The van der Waals surface area contributed by atoms with Gasteiger partial charge in [-0.3, -0.25) is 4.79 Å². The molecule has 1 heterocycles. The van der Waals surface area contributed by atoms with Gasteiger partial charge in [0.05, 0.1) is 12.5 Å². The molecule has 2 aliphatic rings. The van der Waals surface area contributed by atoms with E-state index >= 15 is 0 Å². The maximum atomic E-state index is 12.7. The number of ether oxygens (including phenoxy) is 2. The summed E-state index contributed by atoms with van der Waals surface area (Å²) >= 11 is 1.76. The van der Waals surface area contributed by atoms with E-state index in [1.165, 1.54) is 19.3 Å². The highest BCUT2D eigenvalue weighted by Crippen LogP contribution is 2.38. The number of thioether (sulfide) groups is 1. The summed E-state index contributed by atoms with van der Waals surface area (Å²) in [4.78, 5) is 30.7. The van der Waals surface area contributed by atoms with Crippen LogP contribution in [0.4, 0.5) is 5.69 Å². The SMILES string of the molecule is CCOC(=O)COc1ccc(N(CC)C2=NC(=O)C3CCCCCCC3S2)cc1. The van der Waals surface area contributed by atoms with Gasteiger partial charge in [0.2, 0.25) is 0 Å². The summed E-state index contributed by atoms with van der Waals surface area (Å²) < 4.78 is 10.3. The van der Waals surface area contributed by atoms with E-state index in [9.17, 15) is 9.59 Å². The molecule has 2 atom stereocenters. The number of fused-ring (bicyclic) bond motifs is 1. The Bertz CT molecular complexity index is 735. The van der Waals surface area contributed by atoms with Crippen LogP contribution in [0.15, 0.2) is 29.3 Å². The van der Waals surface area contributed by atoms with Crippen LogP contribution in [-0.2, 0) is 14.3 Å². The first-order valence-corrected chi connectivity index (χ1v) is 11.5. The van der Waals surface area contributed by atoms with Crippen molar-refractivity contribution >= 4 is 34.5 Å². The molecule has 7 heteroatoms. The zero-order valence-corrected chi connectivity index (χ0v) is 18.1. The minimum Gasteiger partial charge on any atom is -0.482 e. The lowest BCUT2D eigenvalue weighted by atomic mass is 9.90. The maximum Gasteiger partial charge on any atom is 0.344 e. The highest BCUT2D eigenvalue weighted by atomic mass is 32.2. The zero-order chi connectivity index (χ0) is 20.6.